The molecule has 1 saturated heterocycles. The third-order valence-corrected chi connectivity index (χ3v) is 8.60. The third-order valence-electron chi connectivity index (χ3n) is 7.63. The van der Waals surface area contributed by atoms with Gasteiger partial charge in [0, 0.05) is 37.2 Å². The first-order valence-corrected chi connectivity index (χ1v) is 14.2. The van der Waals surface area contributed by atoms with Crippen LogP contribution in [0, 0.1) is 12.3 Å². The van der Waals surface area contributed by atoms with E-state index in [9.17, 15) is 24.6 Å². The van der Waals surface area contributed by atoms with Crippen molar-refractivity contribution in [1.82, 2.24) is 20.1 Å². The number of aliphatic hydroxyl groups is 1. The normalized spacial score (nSPS) is 19.6. The van der Waals surface area contributed by atoms with Gasteiger partial charge in [-0.1, -0.05) is 51.1 Å². The molecule has 0 spiro atoms. The van der Waals surface area contributed by atoms with Crippen LogP contribution in [0.1, 0.15) is 54.4 Å². The number of hydrogen-bond acceptors (Lipinski definition) is 7. The molecule has 1 fully saturated rings. The standard InChI is InChI=1S/C30H34N4O5S/c1-17-25(40-16-32-17)18-9-10-19(24(36)11-18)13-31-27(37)23-12-21(35)15-33(23)29(39)26(30(2,3)4)34-14-20-7-5-6-8-22(20)28(34)38/h5-11,16,21,23,26,35-36H,12-15H2,1-4H3,(H,31,37)/t21-,23+,26-/m1/s1. The highest BCUT2D eigenvalue weighted by Crippen LogP contribution is 2.35. The average Bonchev–Trinajstić information content (AvgIpc) is 3.59. The molecule has 2 aliphatic rings. The molecule has 0 bridgehead atoms. The lowest BCUT2D eigenvalue weighted by molar-refractivity contribution is -0.145. The third kappa shape index (κ3) is 5.21. The molecule has 2 aromatic carbocycles. The Morgan fingerprint density at radius 3 is 2.60 bits per heavy atom. The van der Waals surface area contributed by atoms with Crippen LogP contribution in [-0.2, 0) is 22.7 Å². The zero-order valence-electron chi connectivity index (χ0n) is 23.0. The predicted octanol–water partition coefficient (Wildman–Crippen LogP) is 3.47. The van der Waals surface area contributed by atoms with Gasteiger partial charge >= 0.3 is 0 Å². The number of nitrogens with zero attached hydrogens (tertiary/aromatic N) is 3. The van der Waals surface area contributed by atoms with Crippen molar-refractivity contribution >= 4 is 29.1 Å². The highest BCUT2D eigenvalue weighted by molar-refractivity contribution is 7.13. The Bertz CT molecular complexity index is 1460. The number of benzene rings is 2. The van der Waals surface area contributed by atoms with E-state index in [2.05, 4.69) is 10.3 Å². The van der Waals surface area contributed by atoms with E-state index in [1.54, 1.807) is 34.7 Å². The highest BCUT2D eigenvalue weighted by atomic mass is 32.1. The van der Waals surface area contributed by atoms with Crippen LogP contribution in [-0.4, -0.2) is 67.5 Å². The fourth-order valence-electron chi connectivity index (χ4n) is 5.65. The molecule has 0 saturated carbocycles. The first kappa shape index (κ1) is 27.8. The van der Waals surface area contributed by atoms with E-state index in [1.807, 2.05) is 45.9 Å². The SMILES string of the molecule is Cc1ncsc1-c1ccc(CNC(=O)[C@@H]2C[C@@H](O)CN2C(=O)[C@@H](N2Cc3ccccc3C2=O)C(C)(C)C)c(O)c1. The zero-order valence-corrected chi connectivity index (χ0v) is 23.9. The van der Waals surface area contributed by atoms with Crippen molar-refractivity contribution in [3.63, 3.8) is 0 Å². The molecule has 0 unspecified atom stereocenters. The van der Waals surface area contributed by atoms with Gasteiger partial charge in [0.25, 0.3) is 5.91 Å². The van der Waals surface area contributed by atoms with Crippen LogP contribution in [0.2, 0.25) is 0 Å². The number of rotatable bonds is 6. The second-order valence-corrected chi connectivity index (χ2v) is 12.4. The molecule has 0 aliphatic carbocycles. The number of phenols is 1. The number of likely N-dealkylation sites (tertiary alicyclic amines) is 1. The minimum absolute atomic E-state index is 0.00657. The van der Waals surface area contributed by atoms with Gasteiger partial charge in [-0.05, 0) is 35.6 Å². The van der Waals surface area contributed by atoms with Crippen molar-refractivity contribution in [2.24, 2.45) is 5.41 Å². The highest BCUT2D eigenvalue weighted by Gasteiger charge is 2.48. The van der Waals surface area contributed by atoms with Gasteiger partial charge in [0.05, 0.1) is 22.2 Å². The summed E-state index contributed by atoms with van der Waals surface area (Å²) in [4.78, 5) is 48.9. The van der Waals surface area contributed by atoms with Crippen molar-refractivity contribution in [3.05, 3.63) is 70.4 Å². The van der Waals surface area contributed by atoms with Gasteiger partial charge < -0.3 is 25.3 Å². The molecule has 2 aliphatic heterocycles. The number of β-amino-alcohol motifs (C(OH)–C–C–N with tert-alkyl or cyclic N) is 1. The lowest BCUT2D eigenvalue weighted by atomic mass is 9.84. The molecule has 3 atom stereocenters. The van der Waals surface area contributed by atoms with Crippen LogP contribution >= 0.6 is 11.3 Å². The van der Waals surface area contributed by atoms with Gasteiger partial charge in [0.2, 0.25) is 11.8 Å². The van der Waals surface area contributed by atoms with E-state index < -0.39 is 29.5 Å². The number of phenolic OH excluding ortho intramolecular Hbond substituents is 1. The molecule has 3 aromatic rings. The van der Waals surface area contributed by atoms with Crippen LogP contribution in [0.3, 0.4) is 0 Å². The van der Waals surface area contributed by atoms with E-state index >= 15 is 0 Å². The smallest absolute Gasteiger partial charge is 0.255 e. The lowest BCUT2D eigenvalue weighted by Gasteiger charge is -2.40. The minimum Gasteiger partial charge on any atom is -0.508 e. The molecule has 210 valence electrons. The average molecular weight is 563 g/mol. The Labute approximate surface area is 237 Å². The summed E-state index contributed by atoms with van der Waals surface area (Å²) in [5, 5.41) is 23.9. The summed E-state index contributed by atoms with van der Waals surface area (Å²) >= 11 is 1.49. The summed E-state index contributed by atoms with van der Waals surface area (Å²) in [5.74, 6) is -0.949. The molecule has 3 N–H and O–H groups in total. The second kappa shape index (κ2) is 10.7. The van der Waals surface area contributed by atoms with Crippen molar-refractivity contribution in [2.75, 3.05) is 6.54 Å². The van der Waals surface area contributed by atoms with Crippen LogP contribution < -0.4 is 5.32 Å². The number of fused-ring (bicyclic) bond motifs is 1. The number of aromatic nitrogens is 1. The number of aromatic hydroxyl groups is 1. The quantitative estimate of drug-likeness (QED) is 0.423. The largest absolute Gasteiger partial charge is 0.508 e. The zero-order chi connectivity index (χ0) is 28.8. The van der Waals surface area contributed by atoms with Gasteiger partial charge in [0.1, 0.15) is 17.8 Å². The summed E-state index contributed by atoms with van der Waals surface area (Å²) in [5.41, 5.74) is 4.83. The molecule has 3 amide bonds. The summed E-state index contributed by atoms with van der Waals surface area (Å²) in [6, 6.07) is 10.9. The molecule has 3 heterocycles. The number of hydrogen-bond donors (Lipinski definition) is 3. The maximum atomic E-state index is 14.0. The maximum absolute atomic E-state index is 14.0. The van der Waals surface area contributed by atoms with Crippen molar-refractivity contribution < 1.29 is 24.6 Å². The molecular formula is C30H34N4O5S. The fourth-order valence-corrected chi connectivity index (χ4v) is 6.46. The van der Waals surface area contributed by atoms with Crippen LogP contribution in [0.25, 0.3) is 10.4 Å². The summed E-state index contributed by atoms with van der Waals surface area (Å²) < 4.78 is 0. The molecule has 40 heavy (non-hydrogen) atoms. The van der Waals surface area contributed by atoms with E-state index in [0.717, 1.165) is 21.7 Å². The van der Waals surface area contributed by atoms with Gasteiger partial charge in [-0.15, -0.1) is 11.3 Å². The van der Waals surface area contributed by atoms with E-state index in [0.29, 0.717) is 17.7 Å². The summed E-state index contributed by atoms with van der Waals surface area (Å²) in [7, 11) is 0. The molecule has 1 aromatic heterocycles. The van der Waals surface area contributed by atoms with Crippen LogP contribution in [0.15, 0.2) is 48.0 Å². The predicted molar refractivity (Wildman–Crippen MR) is 151 cm³/mol. The molecule has 10 heteroatoms. The number of thiazole rings is 1. The second-order valence-electron chi connectivity index (χ2n) is 11.6. The Morgan fingerprint density at radius 2 is 1.95 bits per heavy atom. The molecule has 5 rings (SSSR count). The maximum Gasteiger partial charge on any atom is 0.255 e. The Kier molecular flexibility index (Phi) is 7.41. The van der Waals surface area contributed by atoms with Gasteiger partial charge in [-0.25, -0.2) is 4.98 Å². The van der Waals surface area contributed by atoms with Crippen molar-refractivity contribution in [1.29, 1.82) is 0 Å². The Hall–Kier alpha value is -3.76. The number of amides is 3. The van der Waals surface area contributed by atoms with Crippen LogP contribution in [0.5, 0.6) is 5.75 Å². The molecule has 9 nitrogen and oxygen atoms in total. The fraction of sp³-hybridized carbons (Fsp3) is 0.400. The topological polar surface area (TPSA) is 123 Å². The summed E-state index contributed by atoms with van der Waals surface area (Å²) in [6.07, 6.45) is -0.764. The first-order chi connectivity index (χ1) is 19.0. The number of aryl methyl sites for hydroxylation is 1. The molecule has 0 radical (unpaired) electrons. The van der Waals surface area contributed by atoms with Gasteiger partial charge in [-0.2, -0.15) is 0 Å². The first-order valence-electron chi connectivity index (χ1n) is 13.3. The lowest BCUT2D eigenvalue weighted by Crippen LogP contribution is -2.57. The number of carbonyl (C=O) groups excluding carboxylic acids is 3. The van der Waals surface area contributed by atoms with Crippen LogP contribution in [0.4, 0.5) is 0 Å². The monoisotopic (exact) mass is 562 g/mol. The van der Waals surface area contributed by atoms with Crippen molar-refractivity contribution in [2.45, 2.75) is 65.4 Å². The van der Waals surface area contributed by atoms with Gasteiger partial charge in [0.15, 0.2) is 0 Å². The Morgan fingerprint density at radius 1 is 1.20 bits per heavy atom. The number of aliphatic hydroxyl groups excluding tert-OH is 1. The van der Waals surface area contributed by atoms with E-state index in [-0.39, 0.29) is 37.1 Å². The van der Waals surface area contributed by atoms with Gasteiger partial charge in [-0.3, -0.25) is 14.4 Å². The van der Waals surface area contributed by atoms with E-state index in [4.69, 9.17) is 0 Å². The van der Waals surface area contributed by atoms with E-state index in [1.165, 1.54) is 16.2 Å². The number of carbonyl (C=O) groups is 3. The minimum atomic E-state index is -0.895. The molecular weight excluding hydrogens is 528 g/mol. The Balaban J connectivity index is 1.32. The number of nitrogens with one attached hydrogen (secondary N) is 1. The van der Waals surface area contributed by atoms with Crippen molar-refractivity contribution in [3.8, 4) is 16.2 Å². The summed E-state index contributed by atoms with van der Waals surface area (Å²) in [6.45, 7) is 7.97.